The minimum absolute atomic E-state index is 0. The van der Waals surface area contributed by atoms with Crippen LogP contribution >= 0.6 is 0 Å². The van der Waals surface area contributed by atoms with Crippen molar-refractivity contribution in [3.8, 4) is 23.7 Å². The van der Waals surface area contributed by atoms with Gasteiger partial charge in [-0.05, 0) is 48.9 Å². The molecule has 0 aliphatic carbocycles. The van der Waals surface area contributed by atoms with E-state index < -0.39 is 0 Å². The maximum Gasteiger partial charge on any atom is 0.139 e. The second-order valence-electron chi connectivity index (χ2n) is 5.35. The maximum atomic E-state index is 13.8. The molecule has 0 aromatic heterocycles. The molecule has 0 heterocycles. The molecule has 0 fully saturated rings. The van der Waals surface area contributed by atoms with Crippen LogP contribution in [0.2, 0.25) is 0 Å². The summed E-state index contributed by atoms with van der Waals surface area (Å²) in [6, 6.07) is 23.1. The monoisotopic (exact) mass is 398 g/mol. The summed E-state index contributed by atoms with van der Waals surface area (Å²) in [7, 11) is 0. The predicted molar refractivity (Wildman–Crippen MR) is 94.8 cm³/mol. The van der Waals surface area contributed by atoms with Gasteiger partial charge in [-0.15, -0.1) is 0 Å². The van der Waals surface area contributed by atoms with E-state index in [2.05, 4.69) is 29.7 Å². The summed E-state index contributed by atoms with van der Waals surface area (Å²) >= 11 is 0. The van der Waals surface area contributed by atoms with Gasteiger partial charge in [0.15, 0.2) is 0 Å². The Bertz CT molecular complexity index is 966. The van der Waals surface area contributed by atoms with Crippen molar-refractivity contribution in [2.24, 2.45) is 0 Å². The first-order valence-corrected chi connectivity index (χ1v) is 7.57. The third kappa shape index (κ3) is 5.68. The van der Waals surface area contributed by atoms with Crippen LogP contribution in [0.15, 0.2) is 66.7 Å². The van der Waals surface area contributed by atoms with Gasteiger partial charge in [0.2, 0.25) is 0 Å². The molecule has 3 aromatic rings. The fourth-order valence-corrected chi connectivity index (χ4v) is 2.11. The van der Waals surface area contributed by atoms with E-state index in [4.69, 9.17) is 0 Å². The van der Waals surface area contributed by atoms with Crippen molar-refractivity contribution < 1.29 is 37.1 Å². The van der Waals surface area contributed by atoms with Crippen LogP contribution in [0.25, 0.3) is 0 Å². The number of aryl methyl sites for hydroxylation is 1. The number of hydrogen-bond donors (Lipinski definition) is 0. The van der Waals surface area contributed by atoms with E-state index in [1.807, 2.05) is 61.5 Å². The summed E-state index contributed by atoms with van der Waals surface area (Å²) in [5.41, 5.74) is 3.99. The molecule has 0 saturated carbocycles. The Morgan fingerprint density at radius 1 is 0.720 bits per heavy atom. The molecule has 117 valence electrons. The van der Waals surface area contributed by atoms with E-state index in [0.29, 0.717) is 5.56 Å². The number of benzene rings is 3. The molecule has 0 atom stereocenters. The summed E-state index contributed by atoms with van der Waals surface area (Å²) in [6.07, 6.45) is 0. The average Bonchev–Trinajstić information content (AvgIpc) is 2.61. The van der Waals surface area contributed by atoms with Crippen LogP contribution in [0.3, 0.4) is 0 Å². The Labute approximate surface area is 173 Å². The molecule has 0 aliphatic heterocycles. The Hall–Kier alpha value is -2.19. The van der Waals surface area contributed by atoms with Gasteiger partial charge < -0.3 is 0 Å². The molecule has 3 aromatic carbocycles. The average molecular weight is 398 g/mol. The minimum atomic E-state index is -0.287. The zero-order valence-corrected chi connectivity index (χ0v) is 16.6. The van der Waals surface area contributed by atoms with Crippen LogP contribution < -0.4 is 0 Å². The van der Waals surface area contributed by atoms with Crippen molar-refractivity contribution in [2.45, 2.75) is 6.92 Å². The topological polar surface area (TPSA) is 0 Å². The van der Waals surface area contributed by atoms with E-state index in [-0.39, 0.29) is 38.5 Å². The van der Waals surface area contributed by atoms with Gasteiger partial charge in [0, 0.05) is 43.8 Å². The van der Waals surface area contributed by atoms with Gasteiger partial charge in [-0.25, -0.2) is 4.39 Å². The fraction of sp³-hybridized carbons (Fsp3) is 0.0435. The third-order valence-electron chi connectivity index (χ3n) is 3.42. The van der Waals surface area contributed by atoms with E-state index in [0.717, 1.165) is 22.3 Å². The molecule has 3 rings (SSSR count). The normalized spacial score (nSPS) is 9.04. The smallest absolute Gasteiger partial charge is 0.139 e. The van der Waals surface area contributed by atoms with Crippen molar-refractivity contribution in [2.75, 3.05) is 0 Å². The first kappa shape index (κ1) is 19.1. The van der Waals surface area contributed by atoms with E-state index >= 15 is 0 Å². The summed E-state index contributed by atoms with van der Waals surface area (Å²) in [5.74, 6) is 11.8. The molecule has 1 radical (unpaired) electrons. The van der Waals surface area contributed by atoms with Crippen molar-refractivity contribution in [1.82, 2.24) is 0 Å². The first-order chi connectivity index (χ1) is 11.7. The molecular formula is C23H14FY-. The molecular weight excluding hydrogens is 384 g/mol. The van der Waals surface area contributed by atoms with Crippen molar-refractivity contribution in [3.05, 3.63) is 106 Å². The molecule has 0 bridgehead atoms. The third-order valence-corrected chi connectivity index (χ3v) is 3.42. The van der Waals surface area contributed by atoms with Crippen LogP contribution in [0.1, 0.15) is 27.8 Å². The Morgan fingerprint density at radius 3 is 1.80 bits per heavy atom. The first-order valence-electron chi connectivity index (χ1n) is 7.57. The Balaban J connectivity index is 0.00000225. The summed E-state index contributed by atoms with van der Waals surface area (Å²) in [6.45, 7) is 1.85. The van der Waals surface area contributed by atoms with Gasteiger partial charge in [-0.1, -0.05) is 35.3 Å². The van der Waals surface area contributed by atoms with E-state index in [1.165, 1.54) is 6.07 Å². The number of hydrogen-bond acceptors (Lipinski definition) is 0. The Morgan fingerprint density at radius 2 is 1.24 bits per heavy atom. The van der Waals surface area contributed by atoms with Gasteiger partial charge >= 0.3 is 0 Å². The molecule has 0 amide bonds. The van der Waals surface area contributed by atoms with Crippen LogP contribution in [0.5, 0.6) is 0 Å². The van der Waals surface area contributed by atoms with Gasteiger partial charge in [-0.2, -0.15) is 30.3 Å². The predicted octanol–water partition coefficient (Wildman–Crippen LogP) is 4.73. The molecule has 25 heavy (non-hydrogen) atoms. The maximum absolute atomic E-state index is 13.8. The molecule has 0 spiro atoms. The van der Waals surface area contributed by atoms with Crippen molar-refractivity contribution in [1.29, 1.82) is 0 Å². The molecule has 0 saturated heterocycles. The van der Waals surface area contributed by atoms with Gasteiger partial charge in [-0.3, -0.25) is 0 Å². The van der Waals surface area contributed by atoms with Crippen LogP contribution in [0.4, 0.5) is 4.39 Å². The SMILES string of the molecule is Cc1ccc(C#Cc2ccc(C#Cc3cc[c-]cc3)cc2)c(F)c1.[Y]. The Kier molecular flexibility index (Phi) is 7.15. The summed E-state index contributed by atoms with van der Waals surface area (Å²) in [4.78, 5) is 0. The molecule has 0 aliphatic rings. The zero-order chi connectivity index (χ0) is 16.8. The molecule has 0 unspecified atom stereocenters. The van der Waals surface area contributed by atoms with Crippen LogP contribution in [-0.4, -0.2) is 0 Å². The van der Waals surface area contributed by atoms with Crippen molar-refractivity contribution in [3.63, 3.8) is 0 Å². The molecule has 0 N–H and O–H groups in total. The van der Waals surface area contributed by atoms with Crippen LogP contribution in [0, 0.1) is 42.5 Å². The van der Waals surface area contributed by atoms with Gasteiger partial charge in [0.1, 0.15) is 5.82 Å². The largest absolute Gasteiger partial charge is 0.206 e. The number of rotatable bonds is 0. The second-order valence-corrected chi connectivity index (χ2v) is 5.35. The standard InChI is InChI=1S/C23H14F.Y/c1-18-7-15-22(23(24)17-18)16-14-21-12-10-20(11-13-21)9-8-19-5-3-2-4-6-19;/h3-7,10-13,15,17H,1H3;/q-1;. The molecule has 2 heteroatoms. The summed E-state index contributed by atoms with van der Waals surface area (Å²) in [5, 5.41) is 0. The minimum Gasteiger partial charge on any atom is -0.206 e. The second kappa shape index (κ2) is 9.34. The van der Waals surface area contributed by atoms with E-state index in [9.17, 15) is 4.39 Å². The quantitative estimate of drug-likeness (QED) is 0.379. The molecule has 0 nitrogen and oxygen atoms in total. The summed E-state index contributed by atoms with van der Waals surface area (Å²) < 4.78 is 13.8. The fourth-order valence-electron chi connectivity index (χ4n) is 2.11. The van der Waals surface area contributed by atoms with Crippen molar-refractivity contribution >= 4 is 0 Å². The van der Waals surface area contributed by atoms with Gasteiger partial charge in [0.05, 0.1) is 5.56 Å². The number of halogens is 1. The zero-order valence-electron chi connectivity index (χ0n) is 13.8. The van der Waals surface area contributed by atoms with E-state index in [1.54, 1.807) is 6.07 Å². The van der Waals surface area contributed by atoms with Crippen LogP contribution in [-0.2, 0) is 32.7 Å². The van der Waals surface area contributed by atoms with Gasteiger partial charge in [0.25, 0.3) is 0 Å².